The predicted octanol–water partition coefficient (Wildman–Crippen LogP) is 3.00. The highest BCUT2D eigenvalue weighted by Gasteiger charge is 2.13. The van der Waals surface area contributed by atoms with Crippen LogP contribution in [0.4, 0.5) is 0 Å². The number of para-hydroxylation sites is 1. The maximum atomic E-state index is 9.63. The number of aliphatic hydroxyl groups is 1. The van der Waals surface area contributed by atoms with Gasteiger partial charge in [0.05, 0.1) is 20.8 Å². The normalized spacial score (nSPS) is 12.2. The zero-order valence-corrected chi connectivity index (χ0v) is 9.84. The fourth-order valence-corrected chi connectivity index (χ4v) is 2.41. The van der Waals surface area contributed by atoms with Gasteiger partial charge in [-0.25, -0.2) is 4.98 Å². The molecule has 0 fully saturated rings. The summed E-state index contributed by atoms with van der Waals surface area (Å²) in [7, 11) is 0. The Bertz CT molecular complexity index is 423. The molecule has 0 saturated heterocycles. The molecule has 1 aromatic carbocycles. The molecule has 0 spiro atoms. The lowest BCUT2D eigenvalue weighted by atomic mass is 10.0. The number of aromatic nitrogens is 1. The van der Waals surface area contributed by atoms with Gasteiger partial charge in [0.1, 0.15) is 0 Å². The van der Waals surface area contributed by atoms with Crippen molar-refractivity contribution in [2.24, 2.45) is 0 Å². The van der Waals surface area contributed by atoms with Crippen LogP contribution in [0, 0.1) is 0 Å². The zero-order chi connectivity index (χ0) is 10.9. The molecule has 1 aromatic heterocycles. The SMILES string of the molecule is CC(C)(O)CCc1nc2ccccc2s1. The van der Waals surface area contributed by atoms with Crippen LogP contribution in [0.2, 0.25) is 0 Å². The van der Waals surface area contributed by atoms with Crippen LogP contribution < -0.4 is 0 Å². The summed E-state index contributed by atoms with van der Waals surface area (Å²) in [5, 5.41) is 10.7. The lowest BCUT2D eigenvalue weighted by Crippen LogP contribution is -2.19. The van der Waals surface area contributed by atoms with Crippen LogP contribution in [-0.4, -0.2) is 15.7 Å². The number of benzene rings is 1. The highest BCUT2D eigenvalue weighted by atomic mass is 32.1. The molecule has 1 heterocycles. The lowest BCUT2D eigenvalue weighted by Gasteiger charge is -2.15. The molecule has 0 aliphatic carbocycles. The Labute approximate surface area is 93.6 Å². The topological polar surface area (TPSA) is 33.1 Å². The van der Waals surface area contributed by atoms with E-state index in [0.29, 0.717) is 0 Å². The van der Waals surface area contributed by atoms with Crippen LogP contribution in [0.3, 0.4) is 0 Å². The average Bonchev–Trinajstić information content (AvgIpc) is 2.56. The monoisotopic (exact) mass is 221 g/mol. The Morgan fingerprint density at radius 1 is 1.33 bits per heavy atom. The van der Waals surface area contributed by atoms with Gasteiger partial charge in [-0.15, -0.1) is 11.3 Å². The second-order valence-electron chi connectivity index (χ2n) is 4.39. The standard InChI is InChI=1S/C12H15NOS/c1-12(2,14)8-7-11-13-9-5-3-4-6-10(9)15-11/h3-6,14H,7-8H2,1-2H3. The summed E-state index contributed by atoms with van der Waals surface area (Å²) in [4.78, 5) is 4.52. The van der Waals surface area contributed by atoms with Gasteiger partial charge in [-0.2, -0.15) is 0 Å². The van der Waals surface area contributed by atoms with Gasteiger partial charge in [0, 0.05) is 6.42 Å². The first kappa shape index (κ1) is 10.6. The number of hydrogen-bond donors (Lipinski definition) is 1. The molecule has 0 bridgehead atoms. The summed E-state index contributed by atoms with van der Waals surface area (Å²) >= 11 is 1.72. The summed E-state index contributed by atoms with van der Waals surface area (Å²) in [6.07, 6.45) is 1.61. The Morgan fingerprint density at radius 2 is 2.07 bits per heavy atom. The van der Waals surface area contributed by atoms with Crippen LogP contribution in [0.25, 0.3) is 10.2 Å². The molecule has 2 rings (SSSR count). The summed E-state index contributed by atoms with van der Waals surface area (Å²) < 4.78 is 1.23. The minimum absolute atomic E-state index is 0.599. The highest BCUT2D eigenvalue weighted by molar-refractivity contribution is 7.18. The third kappa shape index (κ3) is 2.76. The van der Waals surface area contributed by atoms with Gasteiger partial charge in [0.15, 0.2) is 0 Å². The molecule has 0 saturated carbocycles. The lowest BCUT2D eigenvalue weighted by molar-refractivity contribution is 0.0714. The van der Waals surface area contributed by atoms with E-state index in [1.165, 1.54) is 4.70 Å². The number of rotatable bonds is 3. The third-order valence-electron chi connectivity index (χ3n) is 2.29. The van der Waals surface area contributed by atoms with Crippen LogP contribution in [0.15, 0.2) is 24.3 Å². The minimum Gasteiger partial charge on any atom is -0.390 e. The average molecular weight is 221 g/mol. The fourth-order valence-electron chi connectivity index (χ4n) is 1.44. The smallest absolute Gasteiger partial charge is 0.0939 e. The zero-order valence-electron chi connectivity index (χ0n) is 9.03. The Morgan fingerprint density at radius 3 is 2.73 bits per heavy atom. The Balaban J connectivity index is 2.16. The van der Waals surface area contributed by atoms with Gasteiger partial charge >= 0.3 is 0 Å². The van der Waals surface area contributed by atoms with Crippen LogP contribution in [0.5, 0.6) is 0 Å². The van der Waals surface area contributed by atoms with Crippen molar-refractivity contribution in [2.45, 2.75) is 32.3 Å². The molecule has 2 aromatic rings. The molecule has 0 aliphatic rings. The number of nitrogens with zero attached hydrogens (tertiary/aromatic N) is 1. The van der Waals surface area contributed by atoms with E-state index < -0.39 is 5.60 Å². The minimum atomic E-state index is -0.599. The van der Waals surface area contributed by atoms with E-state index >= 15 is 0 Å². The van der Waals surface area contributed by atoms with Gasteiger partial charge in [-0.1, -0.05) is 12.1 Å². The van der Waals surface area contributed by atoms with Crippen molar-refractivity contribution in [2.75, 3.05) is 0 Å². The molecule has 15 heavy (non-hydrogen) atoms. The molecule has 3 heteroatoms. The maximum Gasteiger partial charge on any atom is 0.0939 e. The van der Waals surface area contributed by atoms with Crippen LogP contribution in [-0.2, 0) is 6.42 Å². The summed E-state index contributed by atoms with van der Waals surface area (Å²) in [5.74, 6) is 0. The number of fused-ring (bicyclic) bond motifs is 1. The van der Waals surface area contributed by atoms with Crippen LogP contribution in [0.1, 0.15) is 25.3 Å². The number of hydrogen-bond acceptors (Lipinski definition) is 3. The van der Waals surface area contributed by atoms with Gasteiger partial charge in [-0.3, -0.25) is 0 Å². The maximum absolute atomic E-state index is 9.63. The summed E-state index contributed by atoms with van der Waals surface area (Å²) in [5.41, 5.74) is 0.464. The molecule has 0 radical (unpaired) electrons. The van der Waals surface area contributed by atoms with Crippen molar-refractivity contribution >= 4 is 21.6 Å². The van der Waals surface area contributed by atoms with Gasteiger partial charge in [0.25, 0.3) is 0 Å². The van der Waals surface area contributed by atoms with E-state index in [4.69, 9.17) is 0 Å². The van der Waals surface area contributed by atoms with Gasteiger partial charge < -0.3 is 5.11 Å². The van der Waals surface area contributed by atoms with E-state index in [0.717, 1.165) is 23.4 Å². The van der Waals surface area contributed by atoms with Crippen molar-refractivity contribution in [1.29, 1.82) is 0 Å². The quantitative estimate of drug-likeness (QED) is 0.864. The predicted molar refractivity (Wildman–Crippen MR) is 64.2 cm³/mol. The molecule has 0 unspecified atom stereocenters. The molecular weight excluding hydrogens is 206 g/mol. The molecule has 2 nitrogen and oxygen atoms in total. The van der Waals surface area contributed by atoms with Crippen LogP contribution >= 0.6 is 11.3 Å². The second-order valence-corrected chi connectivity index (χ2v) is 5.50. The highest BCUT2D eigenvalue weighted by Crippen LogP contribution is 2.23. The van der Waals surface area contributed by atoms with Crippen molar-refractivity contribution in [3.05, 3.63) is 29.3 Å². The first-order valence-corrected chi connectivity index (χ1v) is 5.93. The van der Waals surface area contributed by atoms with E-state index in [2.05, 4.69) is 11.1 Å². The van der Waals surface area contributed by atoms with Crippen molar-refractivity contribution in [3.63, 3.8) is 0 Å². The third-order valence-corrected chi connectivity index (χ3v) is 3.39. The number of aryl methyl sites for hydroxylation is 1. The molecule has 0 atom stereocenters. The molecule has 0 amide bonds. The van der Waals surface area contributed by atoms with Crippen molar-refractivity contribution < 1.29 is 5.11 Å². The second kappa shape index (κ2) is 3.91. The molecule has 0 aliphatic heterocycles. The Hall–Kier alpha value is -0.930. The first-order chi connectivity index (χ1) is 7.04. The van der Waals surface area contributed by atoms with Crippen molar-refractivity contribution in [1.82, 2.24) is 4.98 Å². The fraction of sp³-hybridized carbons (Fsp3) is 0.417. The number of thiazole rings is 1. The molecular formula is C12H15NOS. The summed E-state index contributed by atoms with van der Waals surface area (Å²) in [6.45, 7) is 3.67. The van der Waals surface area contributed by atoms with E-state index in [1.54, 1.807) is 11.3 Å². The van der Waals surface area contributed by atoms with E-state index in [1.807, 2.05) is 32.0 Å². The first-order valence-electron chi connectivity index (χ1n) is 5.11. The van der Waals surface area contributed by atoms with Crippen molar-refractivity contribution in [3.8, 4) is 0 Å². The Kier molecular flexibility index (Phi) is 2.76. The van der Waals surface area contributed by atoms with E-state index in [-0.39, 0.29) is 0 Å². The molecule has 1 N–H and O–H groups in total. The van der Waals surface area contributed by atoms with Gasteiger partial charge in [-0.05, 0) is 32.4 Å². The van der Waals surface area contributed by atoms with E-state index in [9.17, 15) is 5.11 Å². The molecule has 80 valence electrons. The van der Waals surface area contributed by atoms with Gasteiger partial charge in [0.2, 0.25) is 0 Å². The largest absolute Gasteiger partial charge is 0.390 e. The summed E-state index contributed by atoms with van der Waals surface area (Å²) in [6, 6.07) is 8.14.